The number of ether oxygens (including phenoxy) is 1. The van der Waals surface area contributed by atoms with Gasteiger partial charge in [0.25, 0.3) is 0 Å². The molecule has 0 bridgehead atoms. The molecule has 0 unspecified atom stereocenters. The number of hydrogen-bond acceptors (Lipinski definition) is 4. The molecule has 0 atom stereocenters. The number of rotatable bonds is 3. The van der Waals surface area contributed by atoms with Crippen LogP contribution >= 0.6 is 11.3 Å². The van der Waals surface area contributed by atoms with Crippen molar-refractivity contribution in [2.75, 3.05) is 13.7 Å². The van der Waals surface area contributed by atoms with Crippen molar-refractivity contribution < 1.29 is 4.74 Å². The minimum absolute atomic E-state index is 0.0143. The molecular weight excluding hydrogens is 164 g/mol. The van der Waals surface area contributed by atoms with Gasteiger partial charge in [0, 0.05) is 7.11 Å². The molecule has 0 N–H and O–H groups in total. The molecule has 1 heterocycles. The Morgan fingerprint density at radius 1 is 1.73 bits per heavy atom. The number of methoxy groups -OCH3 is 1. The summed E-state index contributed by atoms with van der Waals surface area (Å²) in [6.45, 7) is 2.89. The fraction of sp³-hybridized carbons (Fsp3) is 0.667. The lowest BCUT2D eigenvalue weighted by molar-refractivity contribution is 0.182. The second-order valence-corrected chi connectivity index (χ2v) is 3.25. The Morgan fingerprint density at radius 3 is 2.91 bits per heavy atom. The van der Waals surface area contributed by atoms with Crippen molar-refractivity contribution in [1.82, 2.24) is 9.78 Å². The number of aryl methyl sites for hydroxylation is 1. The Labute approximate surface area is 68.4 Å². The first kappa shape index (κ1) is 8.42. The monoisotopic (exact) mass is 174 g/mol. The summed E-state index contributed by atoms with van der Waals surface area (Å²) in [7, 11) is 1.60. The van der Waals surface area contributed by atoms with E-state index in [4.69, 9.17) is 4.74 Å². The van der Waals surface area contributed by atoms with Gasteiger partial charge in [-0.1, -0.05) is 11.3 Å². The van der Waals surface area contributed by atoms with Gasteiger partial charge in [0.2, 0.25) is 0 Å². The number of hydrogen-bond donors (Lipinski definition) is 0. The quantitative estimate of drug-likeness (QED) is 0.660. The van der Waals surface area contributed by atoms with Gasteiger partial charge in [0.1, 0.15) is 5.01 Å². The van der Waals surface area contributed by atoms with E-state index in [2.05, 4.69) is 5.10 Å². The third-order valence-electron chi connectivity index (χ3n) is 1.21. The third kappa shape index (κ3) is 2.13. The molecule has 11 heavy (non-hydrogen) atoms. The minimum Gasteiger partial charge on any atom is -0.383 e. The first-order valence-corrected chi connectivity index (χ1v) is 4.09. The van der Waals surface area contributed by atoms with Crippen LogP contribution in [-0.4, -0.2) is 23.5 Å². The van der Waals surface area contributed by atoms with Crippen LogP contribution < -0.4 is 4.87 Å². The zero-order chi connectivity index (χ0) is 8.27. The average Bonchev–Trinajstić information content (AvgIpc) is 2.26. The van der Waals surface area contributed by atoms with E-state index < -0.39 is 0 Å². The topological polar surface area (TPSA) is 44.1 Å². The van der Waals surface area contributed by atoms with E-state index in [0.717, 1.165) is 16.3 Å². The maximum atomic E-state index is 11.0. The van der Waals surface area contributed by atoms with Crippen molar-refractivity contribution in [3.63, 3.8) is 0 Å². The summed E-state index contributed by atoms with van der Waals surface area (Å²) in [4.78, 5) is 11.0. The fourth-order valence-electron chi connectivity index (χ4n) is 0.729. The van der Waals surface area contributed by atoms with Gasteiger partial charge in [-0.15, -0.1) is 0 Å². The molecule has 1 aromatic rings. The van der Waals surface area contributed by atoms with E-state index in [9.17, 15) is 4.79 Å². The van der Waals surface area contributed by atoms with Crippen molar-refractivity contribution in [3.8, 4) is 0 Å². The summed E-state index contributed by atoms with van der Waals surface area (Å²) < 4.78 is 6.24. The second-order valence-electron chi connectivity index (χ2n) is 2.10. The van der Waals surface area contributed by atoms with Crippen LogP contribution in [0.1, 0.15) is 5.01 Å². The van der Waals surface area contributed by atoms with Gasteiger partial charge < -0.3 is 4.74 Å². The highest BCUT2D eigenvalue weighted by Gasteiger charge is 2.00. The second kappa shape index (κ2) is 3.64. The van der Waals surface area contributed by atoms with Crippen LogP contribution in [-0.2, 0) is 11.3 Å². The molecule has 1 aromatic heterocycles. The van der Waals surface area contributed by atoms with Gasteiger partial charge in [-0.2, -0.15) is 5.10 Å². The summed E-state index contributed by atoms with van der Waals surface area (Å²) >= 11 is 1.16. The number of aromatic nitrogens is 2. The summed E-state index contributed by atoms with van der Waals surface area (Å²) in [5.74, 6) is 0. The Morgan fingerprint density at radius 2 is 2.45 bits per heavy atom. The highest BCUT2D eigenvalue weighted by atomic mass is 32.1. The highest BCUT2D eigenvalue weighted by Crippen LogP contribution is 1.93. The normalized spacial score (nSPS) is 10.4. The van der Waals surface area contributed by atoms with Crippen LogP contribution in [0.4, 0.5) is 0 Å². The van der Waals surface area contributed by atoms with E-state index >= 15 is 0 Å². The van der Waals surface area contributed by atoms with Crippen molar-refractivity contribution in [3.05, 3.63) is 14.7 Å². The van der Waals surface area contributed by atoms with Gasteiger partial charge >= 0.3 is 4.87 Å². The maximum Gasteiger partial charge on any atom is 0.325 e. The molecule has 5 heteroatoms. The maximum absolute atomic E-state index is 11.0. The Bertz CT molecular complexity index is 278. The summed E-state index contributed by atoms with van der Waals surface area (Å²) in [6.07, 6.45) is 0. The molecule has 0 aliphatic rings. The lowest BCUT2D eigenvalue weighted by atomic mass is 10.7. The smallest absolute Gasteiger partial charge is 0.325 e. The average molecular weight is 174 g/mol. The minimum atomic E-state index is -0.0143. The largest absolute Gasteiger partial charge is 0.383 e. The molecular formula is C6H10N2O2S. The predicted molar refractivity (Wildman–Crippen MR) is 43.0 cm³/mol. The van der Waals surface area contributed by atoms with Crippen LogP contribution in [0.3, 0.4) is 0 Å². The lowest BCUT2D eigenvalue weighted by Gasteiger charge is -1.95. The zero-order valence-electron chi connectivity index (χ0n) is 6.53. The SMILES string of the molecule is COCCn1nc(C)sc1=O. The molecule has 0 aliphatic carbocycles. The van der Waals surface area contributed by atoms with E-state index in [0.29, 0.717) is 13.2 Å². The molecule has 4 nitrogen and oxygen atoms in total. The van der Waals surface area contributed by atoms with Crippen molar-refractivity contribution in [1.29, 1.82) is 0 Å². The van der Waals surface area contributed by atoms with E-state index in [-0.39, 0.29) is 4.87 Å². The van der Waals surface area contributed by atoms with E-state index in [1.54, 1.807) is 7.11 Å². The van der Waals surface area contributed by atoms with Crippen molar-refractivity contribution in [2.45, 2.75) is 13.5 Å². The first-order valence-electron chi connectivity index (χ1n) is 3.27. The van der Waals surface area contributed by atoms with E-state index in [1.165, 1.54) is 4.68 Å². The molecule has 0 radical (unpaired) electrons. The summed E-state index contributed by atoms with van der Waals surface area (Å²) in [5.41, 5.74) is 0. The van der Waals surface area contributed by atoms with Crippen LogP contribution in [0.25, 0.3) is 0 Å². The third-order valence-corrected chi connectivity index (χ3v) is 1.98. The highest BCUT2D eigenvalue weighted by molar-refractivity contribution is 7.08. The van der Waals surface area contributed by atoms with Crippen molar-refractivity contribution in [2.24, 2.45) is 0 Å². The molecule has 0 fully saturated rings. The fourth-order valence-corrected chi connectivity index (χ4v) is 1.36. The first-order chi connectivity index (χ1) is 5.24. The van der Waals surface area contributed by atoms with Gasteiger partial charge in [0.05, 0.1) is 13.2 Å². The Hall–Kier alpha value is -0.680. The van der Waals surface area contributed by atoms with E-state index in [1.807, 2.05) is 6.92 Å². The van der Waals surface area contributed by atoms with Gasteiger partial charge in [-0.25, -0.2) is 4.68 Å². The van der Waals surface area contributed by atoms with Crippen LogP contribution in [0.5, 0.6) is 0 Å². The van der Waals surface area contributed by atoms with Gasteiger partial charge in [-0.05, 0) is 6.92 Å². The Kier molecular flexibility index (Phi) is 2.78. The van der Waals surface area contributed by atoms with Gasteiger partial charge in [-0.3, -0.25) is 4.79 Å². The summed E-state index contributed by atoms with van der Waals surface area (Å²) in [6, 6.07) is 0. The molecule has 0 amide bonds. The predicted octanol–water partition coefficient (Wildman–Crippen LogP) is 0.260. The Balaban J connectivity index is 2.70. The van der Waals surface area contributed by atoms with Crippen LogP contribution in [0.2, 0.25) is 0 Å². The molecule has 0 saturated heterocycles. The van der Waals surface area contributed by atoms with Crippen LogP contribution in [0, 0.1) is 6.92 Å². The molecule has 0 spiro atoms. The lowest BCUT2D eigenvalue weighted by Crippen LogP contribution is -2.17. The molecule has 0 aliphatic heterocycles. The summed E-state index contributed by atoms with van der Waals surface area (Å²) in [5, 5.41) is 4.79. The molecule has 1 rings (SSSR count). The number of nitrogens with zero attached hydrogens (tertiary/aromatic N) is 2. The molecule has 62 valence electrons. The van der Waals surface area contributed by atoms with Gasteiger partial charge in [0.15, 0.2) is 0 Å². The molecule has 0 aromatic carbocycles. The van der Waals surface area contributed by atoms with Crippen LogP contribution in [0.15, 0.2) is 4.79 Å². The molecule has 0 saturated carbocycles. The van der Waals surface area contributed by atoms with Crippen molar-refractivity contribution >= 4 is 11.3 Å². The zero-order valence-corrected chi connectivity index (χ0v) is 7.35. The standard InChI is InChI=1S/C6H10N2O2S/c1-5-7-8(3-4-10-2)6(9)11-5/h3-4H2,1-2H3.